The number of benzene rings is 10. The Morgan fingerprint density at radius 1 is 0.262 bits per heavy atom. The van der Waals surface area contributed by atoms with Crippen molar-refractivity contribution in [3.8, 4) is 55.6 Å². The summed E-state index contributed by atoms with van der Waals surface area (Å²) in [5.41, 5.74) is 22.8. The van der Waals surface area contributed by atoms with Gasteiger partial charge in [0.2, 0.25) is 0 Å². The molecule has 0 fully saturated rings. The fourth-order valence-electron chi connectivity index (χ4n) is 11.0. The van der Waals surface area contributed by atoms with Gasteiger partial charge < -0.3 is 4.90 Å². The minimum Gasteiger partial charge on any atom is -0.310 e. The van der Waals surface area contributed by atoms with Crippen molar-refractivity contribution in [2.75, 3.05) is 4.90 Å². The van der Waals surface area contributed by atoms with Crippen LogP contribution in [0.25, 0.3) is 55.6 Å². The standard InChI is InChI=1S/C64H47N/c1-63(2)59-24-14-12-22-55(59)57-40-38-53(42-61(57)63)65(52-36-30-49(31-37-52)46-20-10-5-11-21-46)54-39-41-58-56-23-13-15-25-60(56)64(62(58)43-54,50-32-26-47(27-33-50)44-16-6-3-7-17-44)51-34-28-48(29-35-51)45-18-8-4-9-19-45/h3-43H,1-2H3. The Labute approximate surface area is 382 Å². The highest BCUT2D eigenvalue weighted by atomic mass is 15.1. The minimum absolute atomic E-state index is 0.142. The van der Waals surface area contributed by atoms with Crippen molar-refractivity contribution in [2.24, 2.45) is 0 Å². The van der Waals surface area contributed by atoms with E-state index in [0.29, 0.717) is 0 Å². The van der Waals surface area contributed by atoms with Gasteiger partial charge in [0.25, 0.3) is 0 Å². The molecule has 0 saturated carbocycles. The van der Waals surface area contributed by atoms with Crippen molar-refractivity contribution in [1.82, 2.24) is 0 Å². The maximum absolute atomic E-state index is 2.49. The molecule has 0 bridgehead atoms. The van der Waals surface area contributed by atoms with Gasteiger partial charge in [0.05, 0.1) is 5.41 Å². The van der Waals surface area contributed by atoms with Crippen LogP contribution in [-0.4, -0.2) is 0 Å². The van der Waals surface area contributed by atoms with Crippen LogP contribution in [0.5, 0.6) is 0 Å². The van der Waals surface area contributed by atoms with E-state index in [-0.39, 0.29) is 5.41 Å². The molecule has 0 heterocycles. The molecule has 12 rings (SSSR count). The summed E-state index contributed by atoms with van der Waals surface area (Å²) in [7, 11) is 0. The summed E-state index contributed by atoms with van der Waals surface area (Å²) in [5.74, 6) is 0. The number of fused-ring (bicyclic) bond motifs is 6. The molecule has 1 heteroatoms. The predicted molar refractivity (Wildman–Crippen MR) is 272 cm³/mol. The topological polar surface area (TPSA) is 3.24 Å². The van der Waals surface area contributed by atoms with E-state index in [2.05, 4.69) is 267 Å². The van der Waals surface area contributed by atoms with Gasteiger partial charge in [-0.25, -0.2) is 0 Å². The fraction of sp³-hybridized carbons (Fsp3) is 0.0625. The molecule has 0 N–H and O–H groups in total. The van der Waals surface area contributed by atoms with Gasteiger partial charge in [-0.2, -0.15) is 0 Å². The smallest absolute Gasteiger partial charge is 0.0714 e. The van der Waals surface area contributed by atoms with E-state index < -0.39 is 5.41 Å². The highest BCUT2D eigenvalue weighted by Gasteiger charge is 2.46. The van der Waals surface area contributed by atoms with E-state index in [0.717, 1.165) is 17.1 Å². The van der Waals surface area contributed by atoms with E-state index >= 15 is 0 Å². The van der Waals surface area contributed by atoms with Gasteiger partial charge in [-0.05, 0) is 125 Å². The summed E-state index contributed by atoms with van der Waals surface area (Å²) in [6, 6.07) is 92.2. The molecule has 0 radical (unpaired) electrons. The largest absolute Gasteiger partial charge is 0.310 e. The van der Waals surface area contributed by atoms with Gasteiger partial charge in [0.1, 0.15) is 0 Å². The summed E-state index contributed by atoms with van der Waals surface area (Å²) in [5, 5.41) is 0. The molecule has 0 aromatic heterocycles. The molecule has 308 valence electrons. The van der Waals surface area contributed by atoms with Gasteiger partial charge in [0.15, 0.2) is 0 Å². The molecular formula is C64H47N. The summed E-state index contributed by atoms with van der Waals surface area (Å²) in [6.45, 7) is 4.74. The molecular weight excluding hydrogens is 783 g/mol. The third kappa shape index (κ3) is 6.22. The van der Waals surface area contributed by atoms with Crippen LogP contribution in [0.1, 0.15) is 47.2 Å². The molecule has 0 atom stereocenters. The lowest BCUT2D eigenvalue weighted by Crippen LogP contribution is -2.29. The Balaban J connectivity index is 1.08. The molecule has 0 saturated heterocycles. The minimum atomic E-state index is -0.600. The molecule has 1 nitrogen and oxygen atoms in total. The molecule has 10 aromatic rings. The first kappa shape index (κ1) is 38.7. The quantitative estimate of drug-likeness (QED) is 0.147. The summed E-state index contributed by atoms with van der Waals surface area (Å²) < 4.78 is 0. The average molecular weight is 830 g/mol. The zero-order chi connectivity index (χ0) is 43.5. The molecule has 0 aliphatic heterocycles. The number of hydrogen-bond donors (Lipinski definition) is 0. The van der Waals surface area contributed by atoms with Crippen molar-refractivity contribution in [1.29, 1.82) is 0 Å². The predicted octanol–water partition coefficient (Wildman–Crippen LogP) is 16.8. The van der Waals surface area contributed by atoms with Gasteiger partial charge in [0, 0.05) is 22.5 Å². The zero-order valence-electron chi connectivity index (χ0n) is 36.6. The summed E-state index contributed by atoms with van der Waals surface area (Å²) >= 11 is 0. The molecule has 0 amide bonds. The summed E-state index contributed by atoms with van der Waals surface area (Å²) in [4.78, 5) is 2.47. The lowest BCUT2D eigenvalue weighted by Gasteiger charge is -2.35. The third-order valence-electron chi connectivity index (χ3n) is 14.2. The van der Waals surface area contributed by atoms with Gasteiger partial charge >= 0.3 is 0 Å². The van der Waals surface area contributed by atoms with Crippen LogP contribution in [0.15, 0.2) is 249 Å². The monoisotopic (exact) mass is 829 g/mol. The normalized spacial score (nSPS) is 13.6. The Hall–Kier alpha value is -8.00. The molecule has 2 aliphatic rings. The first-order valence-electron chi connectivity index (χ1n) is 22.7. The van der Waals surface area contributed by atoms with Crippen LogP contribution in [0.4, 0.5) is 17.1 Å². The SMILES string of the molecule is CC1(C)c2ccccc2-c2ccc(N(c3ccc(-c4ccccc4)cc3)c3ccc4c(c3)C(c3ccc(-c5ccccc5)cc3)(c3ccc(-c5ccccc5)cc3)c3ccccc3-4)cc21. The van der Waals surface area contributed by atoms with E-state index in [1.54, 1.807) is 0 Å². The highest BCUT2D eigenvalue weighted by Crippen LogP contribution is 2.58. The van der Waals surface area contributed by atoms with Crippen LogP contribution in [0.2, 0.25) is 0 Å². The fourth-order valence-corrected chi connectivity index (χ4v) is 11.0. The van der Waals surface area contributed by atoms with E-state index in [4.69, 9.17) is 0 Å². The van der Waals surface area contributed by atoms with Crippen LogP contribution in [0.3, 0.4) is 0 Å². The van der Waals surface area contributed by atoms with Crippen molar-refractivity contribution < 1.29 is 0 Å². The van der Waals surface area contributed by atoms with Crippen molar-refractivity contribution >= 4 is 17.1 Å². The second-order valence-corrected chi connectivity index (χ2v) is 18.1. The highest BCUT2D eigenvalue weighted by molar-refractivity contribution is 5.91. The third-order valence-corrected chi connectivity index (χ3v) is 14.2. The average Bonchev–Trinajstić information content (AvgIpc) is 3.80. The lowest BCUT2D eigenvalue weighted by molar-refractivity contribution is 0.660. The van der Waals surface area contributed by atoms with E-state index in [9.17, 15) is 0 Å². The molecule has 65 heavy (non-hydrogen) atoms. The van der Waals surface area contributed by atoms with E-state index in [1.165, 1.54) is 89.0 Å². The van der Waals surface area contributed by atoms with Gasteiger partial charge in [-0.3, -0.25) is 0 Å². The van der Waals surface area contributed by atoms with Crippen molar-refractivity contribution in [3.63, 3.8) is 0 Å². The first-order valence-corrected chi connectivity index (χ1v) is 22.7. The van der Waals surface area contributed by atoms with Crippen molar-refractivity contribution in [3.05, 3.63) is 282 Å². The number of rotatable bonds is 8. The lowest BCUT2D eigenvalue weighted by atomic mass is 9.67. The van der Waals surface area contributed by atoms with Gasteiger partial charge in [-0.1, -0.05) is 226 Å². The second kappa shape index (κ2) is 15.4. The maximum Gasteiger partial charge on any atom is 0.0714 e. The van der Waals surface area contributed by atoms with Crippen molar-refractivity contribution in [2.45, 2.75) is 24.7 Å². The van der Waals surface area contributed by atoms with Crippen LogP contribution in [-0.2, 0) is 10.8 Å². The first-order chi connectivity index (χ1) is 32.0. The Morgan fingerprint density at radius 3 is 1.09 bits per heavy atom. The van der Waals surface area contributed by atoms with Crippen LogP contribution in [0, 0.1) is 0 Å². The number of hydrogen-bond acceptors (Lipinski definition) is 1. The Bertz CT molecular complexity index is 3260. The van der Waals surface area contributed by atoms with Crippen LogP contribution < -0.4 is 4.90 Å². The molecule has 10 aromatic carbocycles. The molecule has 0 unspecified atom stereocenters. The Morgan fingerprint density at radius 2 is 0.600 bits per heavy atom. The molecule has 2 aliphatic carbocycles. The van der Waals surface area contributed by atoms with Gasteiger partial charge in [-0.15, -0.1) is 0 Å². The van der Waals surface area contributed by atoms with E-state index in [1.807, 2.05) is 0 Å². The molecule has 0 spiro atoms. The number of nitrogens with zero attached hydrogens (tertiary/aromatic N) is 1. The Kier molecular flexibility index (Phi) is 9.14. The second-order valence-electron chi connectivity index (χ2n) is 18.1. The zero-order valence-corrected chi connectivity index (χ0v) is 36.6. The number of anilines is 3. The maximum atomic E-state index is 2.49. The summed E-state index contributed by atoms with van der Waals surface area (Å²) in [6.07, 6.45) is 0. The van der Waals surface area contributed by atoms with Crippen LogP contribution >= 0.6 is 0 Å².